The van der Waals surface area contributed by atoms with Gasteiger partial charge in [-0.05, 0) is 31.2 Å². The van der Waals surface area contributed by atoms with Crippen LogP contribution in [0.15, 0.2) is 59.0 Å². The van der Waals surface area contributed by atoms with Gasteiger partial charge in [0.15, 0.2) is 11.5 Å². The second-order valence-corrected chi connectivity index (χ2v) is 9.50. The van der Waals surface area contributed by atoms with Gasteiger partial charge in [0.25, 0.3) is 0 Å². The molecule has 5 rings (SSSR count). The van der Waals surface area contributed by atoms with Crippen molar-refractivity contribution in [2.75, 3.05) is 0 Å². The Hall–Kier alpha value is -5.20. The molecule has 0 bridgehead atoms. The summed E-state index contributed by atoms with van der Waals surface area (Å²) in [5.41, 5.74) is 1.49. The van der Waals surface area contributed by atoms with Crippen molar-refractivity contribution >= 4 is 29.1 Å². The Labute approximate surface area is 215 Å². The number of benzene rings is 1. The van der Waals surface area contributed by atoms with Crippen LogP contribution in [-0.4, -0.2) is 56.7 Å². The predicted molar refractivity (Wildman–Crippen MR) is 136 cm³/mol. The minimum Gasteiger partial charge on any atom is -0.478 e. The maximum atomic E-state index is 12.2. The van der Waals surface area contributed by atoms with Crippen LogP contribution in [0.3, 0.4) is 0 Å². The number of aromatic carboxylic acids is 2. The first-order chi connectivity index (χ1) is 18.1. The van der Waals surface area contributed by atoms with Gasteiger partial charge < -0.3 is 10.2 Å². The number of aromatic amines is 1. The SMILES string of the molecule is Cc1nc2c(N=Nc3c(-c4ccccn4)cnn3-c3cccc(C(=O)O)c3C(=O)O)c(C(C)(C)C)[nH]n2n1. The molecule has 13 heteroatoms. The summed E-state index contributed by atoms with van der Waals surface area (Å²) in [6, 6.07) is 9.43. The van der Waals surface area contributed by atoms with E-state index in [0.29, 0.717) is 28.4 Å². The van der Waals surface area contributed by atoms with Crippen LogP contribution in [-0.2, 0) is 5.41 Å². The number of fused-ring (bicyclic) bond motifs is 1. The molecule has 0 aliphatic rings. The summed E-state index contributed by atoms with van der Waals surface area (Å²) in [6.07, 6.45) is 3.09. The molecule has 0 aliphatic heterocycles. The van der Waals surface area contributed by atoms with E-state index in [1.54, 1.807) is 31.3 Å². The molecule has 0 fully saturated rings. The van der Waals surface area contributed by atoms with Crippen molar-refractivity contribution in [1.29, 1.82) is 0 Å². The quantitative estimate of drug-likeness (QED) is 0.273. The highest BCUT2D eigenvalue weighted by atomic mass is 16.4. The average Bonchev–Trinajstić information content (AvgIpc) is 3.54. The van der Waals surface area contributed by atoms with Crippen LogP contribution in [0.4, 0.5) is 11.5 Å². The summed E-state index contributed by atoms with van der Waals surface area (Å²) in [5, 5.41) is 40.5. The van der Waals surface area contributed by atoms with Gasteiger partial charge in [-0.3, -0.25) is 10.1 Å². The van der Waals surface area contributed by atoms with Crippen LogP contribution >= 0.6 is 0 Å². The van der Waals surface area contributed by atoms with Crippen molar-refractivity contribution < 1.29 is 19.8 Å². The second-order valence-electron chi connectivity index (χ2n) is 9.50. The van der Waals surface area contributed by atoms with E-state index in [1.807, 2.05) is 20.8 Å². The Kier molecular flexibility index (Phi) is 5.82. The third-order valence-electron chi connectivity index (χ3n) is 5.77. The third-order valence-corrected chi connectivity index (χ3v) is 5.77. The van der Waals surface area contributed by atoms with Crippen LogP contribution < -0.4 is 0 Å². The number of nitrogens with zero attached hydrogens (tertiary/aromatic N) is 8. The molecule has 13 nitrogen and oxygen atoms in total. The molecule has 0 saturated carbocycles. The van der Waals surface area contributed by atoms with E-state index in [4.69, 9.17) is 0 Å². The van der Waals surface area contributed by atoms with Crippen molar-refractivity contribution in [3.05, 3.63) is 71.4 Å². The molecule has 3 N–H and O–H groups in total. The summed E-state index contributed by atoms with van der Waals surface area (Å²) < 4.78 is 2.78. The van der Waals surface area contributed by atoms with Gasteiger partial charge in [0, 0.05) is 11.6 Å². The number of carboxylic acid groups (broad SMARTS) is 2. The summed E-state index contributed by atoms with van der Waals surface area (Å²) in [4.78, 5) is 32.8. The first kappa shape index (κ1) is 24.5. The normalized spacial score (nSPS) is 12.0. The van der Waals surface area contributed by atoms with E-state index in [0.717, 1.165) is 5.69 Å². The fourth-order valence-corrected chi connectivity index (χ4v) is 4.07. The van der Waals surface area contributed by atoms with Crippen LogP contribution in [0, 0.1) is 6.92 Å². The number of hydrogen-bond acceptors (Lipinski definition) is 8. The smallest absolute Gasteiger partial charge is 0.338 e. The number of H-pyrrole nitrogens is 1. The molecule has 0 unspecified atom stereocenters. The fourth-order valence-electron chi connectivity index (χ4n) is 4.07. The summed E-state index contributed by atoms with van der Waals surface area (Å²) in [6.45, 7) is 7.77. The lowest BCUT2D eigenvalue weighted by atomic mass is 9.91. The van der Waals surface area contributed by atoms with Gasteiger partial charge in [-0.1, -0.05) is 32.9 Å². The Balaban J connectivity index is 1.77. The molecule has 38 heavy (non-hydrogen) atoms. The minimum atomic E-state index is -1.42. The largest absolute Gasteiger partial charge is 0.478 e. The van der Waals surface area contributed by atoms with E-state index < -0.39 is 17.5 Å². The predicted octanol–water partition coefficient (Wildman–Crippen LogP) is 4.72. The third kappa shape index (κ3) is 4.19. The lowest BCUT2D eigenvalue weighted by Gasteiger charge is -2.16. The van der Waals surface area contributed by atoms with Crippen LogP contribution in [0.2, 0.25) is 0 Å². The first-order valence-electron chi connectivity index (χ1n) is 11.5. The number of aromatic nitrogens is 7. The first-order valence-corrected chi connectivity index (χ1v) is 11.5. The standard InChI is InChI=1S/C25H23N9O4/c1-13-28-22-19(20(25(2,3)4)32-34(22)31-13)29-30-21-15(16-9-5-6-11-26-16)12-27-33(21)17-10-7-8-14(23(35)36)18(17)24(37)38/h5-12,32H,1-4H3,(H,35,36)(H,37,38). The zero-order chi connectivity index (χ0) is 27.2. The Morgan fingerprint density at radius 2 is 1.82 bits per heavy atom. The van der Waals surface area contributed by atoms with Gasteiger partial charge in [0.2, 0.25) is 5.65 Å². The van der Waals surface area contributed by atoms with E-state index >= 15 is 0 Å². The Morgan fingerprint density at radius 3 is 2.47 bits per heavy atom. The number of rotatable bonds is 6. The van der Waals surface area contributed by atoms with Crippen LogP contribution in [0.5, 0.6) is 0 Å². The molecule has 0 saturated heterocycles. The van der Waals surface area contributed by atoms with Gasteiger partial charge in [-0.25, -0.2) is 19.3 Å². The molecule has 0 spiro atoms. The number of pyridine rings is 1. The average molecular weight is 514 g/mol. The molecule has 1 aromatic carbocycles. The van der Waals surface area contributed by atoms with Crippen molar-refractivity contribution in [3.8, 4) is 16.9 Å². The molecule has 0 aliphatic carbocycles. The molecule has 0 amide bonds. The molecule has 4 aromatic heterocycles. The van der Waals surface area contributed by atoms with Crippen molar-refractivity contribution in [3.63, 3.8) is 0 Å². The zero-order valence-electron chi connectivity index (χ0n) is 20.9. The molecular weight excluding hydrogens is 490 g/mol. The monoisotopic (exact) mass is 513 g/mol. The molecule has 0 atom stereocenters. The van der Waals surface area contributed by atoms with Crippen molar-refractivity contribution in [1.82, 2.24) is 34.6 Å². The van der Waals surface area contributed by atoms with Gasteiger partial charge in [-0.15, -0.1) is 15.3 Å². The number of carboxylic acids is 2. The lowest BCUT2D eigenvalue weighted by Crippen LogP contribution is -2.13. The van der Waals surface area contributed by atoms with E-state index in [2.05, 4.69) is 35.5 Å². The van der Waals surface area contributed by atoms with Gasteiger partial charge in [-0.2, -0.15) is 9.73 Å². The van der Waals surface area contributed by atoms with E-state index in [9.17, 15) is 19.8 Å². The van der Waals surface area contributed by atoms with Gasteiger partial charge >= 0.3 is 11.9 Å². The van der Waals surface area contributed by atoms with E-state index in [1.165, 1.54) is 33.7 Å². The maximum Gasteiger partial charge on any atom is 0.338 e. The van der Waals surface area contributed by atoms with Gasteiger partial charge in [0.05, 0.1) is 40.0 Å². The summed E-state index contributed by atoms with van der Waals surface area (Å²) in [7, 11) is 0. The summed E-state index contributed by atoms with van der Waals surface area (Å²) >= 11 is 0. The molecular formula is C25H23N9O4. The van der Waals surface area contributed by atoms with Crippen LogP contribution in [0.1, 0.15) is 53.0 Å². The van der Waals surface area contributed by atoms with Crippen LogP contribution in [0.25, 0.3) is 22.6 Å². The highest BCUT2D eigenvalue weighted by Crippen LogP contribution is 2.37. The lowest BCUT2D eigenvalue weighted by molar-refractivity contribution is 0.0651. The fraction of sp³-hybridized carbons (Fsp3) is 0.200. The number of azo groups is 1. The summed E-state index contributed by atoms with van der Waals surface area (Å²) in [5.74, 6) is -2.10. The van der Waals surface area contributed by atoms with Crippen molar-refractivity contribution in [2.24, 2.45) is 10.2 Å². The topological polar surface area (TPSA) is 176 Å². The Morgan fingerprint density at radius 1 is 1.03 bits per heavy atom. The number of hydrogen-bond donors (Lipinski definition) is 3. The highest BCUT2D eigenvalue weighted by Gasteiger charge is 2.27. The molecule has 0 radical (unpaired) electrons. The number of nitrogens with one attached hydrogen (secondary N) is 1. The molecule has 4 heterocycles. The Bertz CT molecular complexity index is 1720. The molecule has 192 valence electrons. The van der Waals surface area contributed by atoms with Crippen molar-refractivity contribution in [2.45, 2.75) is 33.1 Å². The number of carbonyl (C=O) groups is 2. The molecule has 5 aromatic rings. The minimum absolute atomic E-state index is 0.0158. The maximum absolute atomic E-state index is 12.2. The van der Waals surface area contributed by atoms with Gasteiger partial charge in [0.1, 0.15) is 5.82 Å². The van der Waals surface area contributed by atoms with E-state index in [-0.39, 0.29) is 22.5 Å². The second kappa shape index (κ2) is 9.03. The highest BCUT2D eigenvalue weighted by molar-refractivity contribution is 6.04. The number of aryl methyl sites for hydroxylation is 1. The zero-order valence-corrected chi connectivity index (χ0v) is 20.9.